The van der Waals surface area contributed by atoms with E-state index in [4.69, 9.17) is 9.47 Å². The Labute approximate surface area is 145 Å². The van der Waals surface area contributed by atoms with Gasteiger partial charge in [-0.2, -0.15) is 0 Å². The van der Waals surface area contributed by atoms with Crippen molar-refractivity contribution < 1.29 is 19.4 Å². The van der Waals surface area contributed by atoms with E-state index >= 15 is 0 Å². The zero-order chi connectivity index (χ0) is 18.2. The summed E-state index contributed by atoms with van der Waals surface area (Å²) in [7, 11) is 0. The van der Waals surface area contributed by atoms with Gasteiger partial charge in [-0.05, 0) is 45.2 Å². The summed E-state index contributed by atoms with van der Waals surface area (Å²) >= 11 is 0. The van der Waals surface area contributed by atoms with Crippen molar-refractivity contribution in [1.29, 1.82) is 0 Å². The first-order valence-corrected chi connectivity index (χ1v) is 8.49. The minimum Gasteiger partial charge on any atom is -0.491 e. The number of aliphatic hydroxyl groups is 1. The molecule has 24 heavy (non-hydrogen) atoms. The molecular weight excluding hydrogens is 306 g/mol. The second-order valence-electron chi connectivity index (χ2n) is 7.40. The van der Waals surface area contributed by atoms with E-state index in [1.165, 1.54) is 0 Å². The molecule has 0 aromatic heterocycles. The highest BCUT2D eigenvalue weighted by Gasteiger charge is 2.26. The van der Waals surface area contributed by atoms with Crippen molar-refractivity contribution >= 4 is 5.97 Å². The van der Waals surface area contributed by atoms with Gasteiger partial charge in [0.25, 0.3) is 0 Å². The Morgan fingerprint density at radius 1 is 1.21 bits per heavy atom. The molecule has 0 aliphatic heterocycles. The zero-order valence-corrected chi connectivity index (χ0v) is 15.4. The summed E-state index contributed by atoms with van der Waals surface area (Å²) < 4.78 is 11.0. The maximum absolute atomic E-state index is 12.3. The lowest BCUT2D eigenvalue weighted by atomic mass is 10.0. The number of para-hydroxylation sites is 1. The van der Waals surface area contributed by atoms with Crippen molar-refractivity contribution in [3.05, 3.63) is 30.3 Å². The van der Waals surface area contributed by atoms with Crippen LogP contribution in [0.4, 0.5) is 0 Å². The Kier molecular flexibility index (Phi) is 8.22. The summed E-state index contributed by atoms with van der Waals surface area (Å²) in [6, 6.07) is 8.89. The van der Waals surface area contributed by atoms with E-state index in [1.807, 2.05) is 65.0 Å². The number of ether oxygens (including phenoxy) is 2. The number of hydrogen-bond acceptors (Lipinski definition) is 5. The highest BCUT2D eigenvalue weighted by Crippen LogP contribution is 2.13. The maximum Gasteiger partial charge on any atom is 0.323 e. The number of esters is 1. The number of hydrogen-bond donors (Lipinski definition) is 2. The first kappa shape index (κ1) is 20.5. The normalized spacial score (nSPS) is 14.3. The van der Waals surface area contributed by atoms with E-state index in [0.717, 1.165) is 0 Å². The number of nitrogens with one attached hydrogen (secondary N) is 1. The van der Waals surface area contributed by atoms with Crippen LogP contribution < -0.4 is 10.1 Å². The van der Waals surface area contributed by atoms with Crippen LogP contribution in [0.1, 0.15) is 41.0 Å². The maximum atomic E-state index is 12.3. The van der Waals surface area contributed by atoms with Crippen molar-refractivity contribution in [2.24, 2.45) is 5.92 Å². The van der Waals surface area contributed by atoms with Gasteiger partial charge in [-0.15, -0.1) is 0 Å². The summed E-state index contributed by atoms with van der Waals surface area (Å²) in [5.41, 5.74) is -0.525. The van der Waals surface area contributed by atoms with E-state index in [2.05, 4.69) is 5.32 Å². The number of rotatable bonds is 9. The van der Waals surface area contributed by atoms with Crippen molar-refractivity contribution in [2.45, 2.75) is 58.8 Å². The lowest BCUT2D eigenvalue weighted by molar-refractivity contribution is -0.158. The SMILES string of the molecule is CC(C)C[C@H](NCC(O)COc1ccccc1)C(=O)OC(C)(C)C. The van der Waals surface area contributed by atoms with E-state index in [1.54, 1.807) is 0 Å². The Bertz CT molecular complexity index is 482. The quantitative estimate of drug-likeness (QED) is 0.678. The van der Waals surface area contributed by atoms with Gasteiger partial charge in [0.1, 0.15) is 30.1 Å². The van der Waals surface area contributed by atoms with Crippen LogP contribution >= 0.6 is 0 Å². The Hall–Kier alpha value is -1.59. The van der Waals surface area contributed by atoms with Gasteiger partial charge in [-0.3, -0.25) is 4.79 Å². The van der Waals surface area contributed by atoms with Crippen LogP contribution in [0.15, 0.2) is 30.3 Å². The van der Waals surface area contributed by atoms with Crippen LogP contribution in [0.2, 0.25) is 0 Å². The van der Waals surface area contributed by atoms with Crippen LogP contribution in [0, 0.1) is 5.92 Å². The largest absolute Gasteiger partial charge is 0.491 e. The fourth-order valence-electron chi connectivity index (χ4n) is 2.15. The van der Waals surface area contributed by atoms with Crippen molar-refractivity contribution in [3.63, 3.8) is 0 Å². The molecule has 5 nitrogen and oxygen atoms in total. The van der Waals surface area contributed by atoms with Gasteiger partial charge in [0.15, 0.2) is 0 Å². The molecule has 0 saturated heterocycles. The first-order chi connectivity index (χ1) is 11.2. The van der Waals surface area contributed by atoms with Crippen LogP contribution in [0.25, 0.3) is 0 Å². The van der Waals surface area contributed by atoms with Gasteiger partial charge in [-0.1, -0.05) is 32.0 Å². The third-order valence-electron chi connectivity index (χ3n) is 3.18. The molecule has 5 heteroatoms. The molecule has 136 valence electrons. The molecule has 2 atom stereocenters. The number of benzene rings is 1. The van der Waals surface area contributed by atoms with Gasteiger partial charge >= 0.3 is 5.97 Å². The van der Waals surface area contributed by atoms with Gasteiger partial charge < -0.3 is 19.9 Å². The molecule has 0 aliphatic rings. The van der Waals surface area contributed by atoms with Crippen LogP contribution in [0.3, 0.4) is 0 Å². The van der Waals surface area contributed by atoms with Crippen molar-refractivity contribution in [1.82, 2.24) is 5.32 Å². The summed E-state index contributed by atoms with van der Waals surface area (Å²) in [5, 5.41) is 13.2. The highest BCUT2D eigenvalue weighted by molar-refractivity contribution is 5.76. The third kappa shape index (κ3) is 8.89. The average molecular weight is 337 g/mol. The molecule has 0 radical (unpaired) electrons. The molecule has 1 rings (SSSR count). The molecule has 0 heterocycles. The topological polar surface area (TPSA) is 67.8 Å². The molecule has 0 fully saturated rings. The summed E-state index contributed by atoms with van der Waals surface area (Å²) in [6.45, 7) is 10.1. The van der Waals surface area contributed by atoms with Crippen molar-refractivity contribution in [3.8, 4) is 5.75 Å². The van der Waals surface area contributed by atoms with Gasteiger partial charge in [-0.25, -0.2) is 0 Å². The smallest absolute Gasteiger partial charge is 0.323 e. The third-order valence-corrected chi connectivity index (χ3v) is 3.18. The summed E-state index contributed by atoms with van der Waals surface area (Å²) in [5.74, 6) is 0.766. The molecule has 0 bridgehead atoms. The number of carbonyl (C=O) groups is 1. The predicted octanol–water partition coefficient (Wildman–Crippen LogP) is 2.77. The number of aliphatic hydroxyl groups excluding tert-OH is 1. The fraction of sp³-hybridized carbons (Fsp3) is 0.632. The fourth-order valence-corrected chi connectivity index (χ4v) is 2.15. The average Bonchev–Trinajstić information content (AvgIpc) is 2.48. The minimum absolute atomic E-state index is 0.166. The first-order valence-electron chi connectivity index (χ1n) is 8.49. The van der Waals surface area contributed by atoms with E-state index in [9.17, 15) is 9.90 Å². The lowest BCUT2D eigenvalue weighted by Crippen LogP contribution is -2.45. The standard InChI is InChI=1S/C19H31NO4/c1-14(2)11-17(18(22)24-19(3,4)5)20-12-15(21)13-23-16-9-7-6-8-10-16/h6-10,14-15,17,20-21H,11-13H2,1-5H3/t15?,17-/m0/s1. The van der Waals surface area contributed by atoms with E-state index in [0.29, 0.717) is 18.1 Å². The Morgan fingerprint density at radius 2 is 1.83 bits per heavy atom. The second kappa shape index (κ2) is 9.64. The van der Waals surface area contributed by atoms with E-state index < -0.39 is 17.7 Å². The predicted molar refractivity (Wildman–Crippen MR) is 95.0 cm³/mol. The van der Waals surface area contributed by atoms with Gasteiger partial charge in [0.2, 0.25) is 0 Å². The molecule has 0 aliphatic carbocycles. The Balaban J connectivity index is 2.46. The molecule has 2 N–H and O–H groups in total. The molecule has 0 saturated carbocycles. The molecular formula is C19H31NO4. The number of carbonyl (C=O) groups excluding carboxylic acids is 1. The zero-order valence-electron chi connectivity index (χ0n) is 15.4. The van der Waals surface area contributed by atoms with Crippen LogP contribution in [-0.2, 0) is 9.53 Å². The monoisotopic (exact) mass is 337 g/mol. The summed E-state index contributed by atoms with van der Waals surface area (Å²) in [6.07, 6.45) is -0.0523. The van der Waals surface area contributed by atoms with Gasteiger partial charge in [0.05, 0.1) is 0 Å². The van der Waals surface area contributed by atoms with E-state index in [-0.39, 0.29) is 19.1 Å². The van der Waals surface area contributed by atoms with Crippen LogP contribution in [0.5, 0.6) is 5.75 Å². The molecule has 1 aromatic carbocycles. The highest BCUT2D eigenvalue weighted by atomic mass is 16.6. The lowest BCUT2D eigenvalue weighted by Gasteiger charge is -2.26. The molecule has 1 aromatic rings. The molecule has 0 amide bonds. The minimum atomic E-state index is -0.706. The molecule has 0 spiro atoms. The Morgan fingerprint density at radius 3 is 2.38 bits per heavy atom. The van der Waals surface area contributed by atoms with Gasteiger partial charge in [0, 0.05) is 6.54 Å². The summed E-state index contributed by atoms with van der Waals surface area (Å²) in [4.78, 5) is 12.3. The second-order valence-corrected chi connectivity index (χ2v) is 7.40. The van der Waals surface area contributed by atoms with Crippen molar-refractivity contribution in [2.75, 3.05) is 13.2 Å². The van der Waals surface area contributed by atoms with Crippen LogP contribution in [-0.4, -0.2) is 42.0 Å². The molecule has 1 unspecified atom stereocenters.